The average molecular weight is 393 g/mol. The summed E-state index contributed by atoms with van der Waals surface area (Å²) in [4.78, 5) is 9.70. The highest BCUT2D eigenvalue weighted by Crippen LogP contribution is 2.41. The number of benzene rings is 2. The molecule has 144 valence electrons. The number of aromatic nitrogens is 2. The lowest BCUT2D eigenvalue weighted by atomic mass is 10.1. The molecule has 2 aliphatic rings. The summed E-state index contributed by atoms with van der Waals surface area (Å²) in [6.45, 7) is 4.81. The van der Waals surface area contributed by atoms with E-state index in [4.69, 9.17) is 19.4 Å². The molecule has 4 nitrogen and oxygen atoms in total. The molecule has 1 atom stereocenters. The standard InChI is InChI=1S/C23H24N2O2S/c1-3-26-20-11-16-10-14(2)27-21(16)12-17(20)13-28-23-18-6-4-5-7-19(18)24-22(25-23)15-8-9-15/h4-7,11-12,14-15H,3,8-10,13H2,1-2H3. The SMILES string of the molecule is CCOc1cc2c(cc1CSc1nc(C3CC3)nc3ccccc13)OC(C)C2. The number of nitrogens with zero attached hydrogens (tertiary/aromatic N) is 2. The molecular formula is C23H24N2O2S. The van der Waals surface area contributed by atoms with Crippen LogP contribution in [0, 0.1) is 0 Å². The van der Waals surface area contributed by atoms with Gasteiger partial charge in [-0.1, -0.05) is 18.2 Å². The van der Waals surface area contributed by atoms with Crippen LogP contribution in [0.4, 0.5) is 0 Å². The van der Waals surface area contributed by atoms with Crippen LogP contribution in [0.3, 0.4) is 0 Å². The molecule has 1 aliphatic carbocycles. The third-order valence-corrected chi connectivity index (χ3v) is 6.31. The van der Waals surface area contributed by atoms with Crippen molar-refractivity contribution in [2.75, 3.05) is 6.61 Å². The van der Waals surface area contributed by atoms with Crippen molar-refractivity contribution in [1.82, 2.24) is 9.97 Å². The number of hydrogen-bond donors (Lipinski definition) is 0. The fourth-order valence-electron chi connectivity index (χ4n) is 3.73. The normalized spacial score (nSPS) is 18.1. The van der Waals surface area contributed by atoms with Crippen molar-refractivity contribution in [3.63, 3.8) is 0 Å². The third kappa shape index (κ3) is 3.44. The van der Waals surface area contributed by atoms with Crippen molar-refractivity contribution in [2.24, 2.45) is 0 Å². The molecule has 0 amide bonds. The van der Waals surface area contributed by atoms with Gasteiger partial charge in [0, 0.05) is 34.6 Å². The highest BCUT2D eigenvalue weighted by atomic mass is 32.2. The first-order valence-electron chi connectivity index (χ1n) is 10.1. The van der Waals surface area contributed by atoms with Crippen molar-refractivity contribution in [1.29, 1.82) is 0 Å². The van der Waals surface area contributed by atoms with E-state index in [-0.39, 0.29) is 6.10 Å². The van der Waals surface area contributed by atoms with E-state index < -0.39 is 0 Å². The molecule has 5 heteroatoms. The molecule has 5 rings (SSSR count). The summed E-state index contributed by atoms with van der Waals surface area (Å²) in [5.74, 6) is 4.30. The number of fused-ring (bicyclic) bond motifs is 2. The molecule has 1 aliphatic heterocycles. The van der Waals surface area contributed by atoms with Crippen LogP contribution in [-0.2, 0) is 12.2 Å². The maximum absolute atomic E-state index is 5.97. The van der Waals surface area contributed by atoms with Crippen LogP contribution in [0.15, 0.2) is 41.4 Å². The topological polar surface area (TPSA) is 44.2 Å². The second-order valence-electron chi connectivity index (χ2n) is 7.60. The zero-order valence-electron chi connectivity index (χ0n) is 16.3. The van der Waals surface area contributed by atoms with Crippen LogP contribution < -0.4 is 9.47 Å². The van der Waals surface area contributed by atoms with E-state index in [1.54, 1.807) is 11.8 Å². The first-order valence-corrected chi connectivity index (χ1v) is 11.0. The molecule has 0 radical (unpaired) electrons. The van der Waals surface area contributed by atoms with Crippen molar-refractivity contribution in [2.45, 2.75) is 55.9 Å². The zero-order chi connectivity index (χ0) is 19.1. The van der Waals surface area contributed by atoms with Gasteiger partial charge < -0.3 is 9.47 Å². The summed E-state index contributed by atoms with van der Waals surface area (Å²) in [7, 11) is 0. The number of ether oxygens (including phenoxy) is 2. The molecule has 0 saturated heterocycles. The first kappa shape index (κ1) is 17.8. The molecule has 1 aromatic heterocycles. The van der Waals surface area contributed by atoms with Gasteiger partial charge in [-0.2, -0.15) is 0 Å². The number of para-hydroxylation sites is 1. The molecule has 2 heterocycles. The van der Waals surface area contributed by atoms with Gasteiger partial charge in [-0.3, -0.25) is 0 Å². The van der Waals surface area contributed by atoms with Crippen molar-refractivity contribution >= 4 is 22.7 Å². The molecule has 28 heavy (non-hydrogen) atoms. The van der Waals surface area contributed by atoms with Gasteiger partial charge >= 0.3 is 0 Å². The second kappa shape index (κ2) is 7.28. The van der Waals surface area contributed by atoms with E-state index in [9.17, 15) is 0 Å². The largest absolute Gasteiger partial charge is 0.494 e. The molecule has 1 fully saturated rings. The fraction of sp³-hybridized carbons (Fsp3) is 0.391. The minimum atomic E-state index is 0.235. The van der Waals surface area contributed by atoms with Gasteiger partial charge in [-0.05, 0) is 44.9 Å². The smallest absolute Gasteiger partial charge is 0.133 e. The Kier molecular flexibility index (Phi) is 4.63. The van der Waals surface area contributed by atoms with E-state index in [0.717, 1.165) is 51.0 Å². The Hall–Kier alpha value is -2.27. The summed E-state index contributed by atoms with van der Waals surface area (Å²) < 4.78 is 11.9. The number of hydrogen-bond acceptors (Lipinski definition) is 5. The number of rotatable bonds is 6. The summed E-state index contributed by atoms with van der Waals surface area (Å²) in [5.41, 5.74) is 3.45. The quantitative estimate of drug-likeness (QED) is 0.408. The Morgan fingerprint density at radius 1 is 1.18 bits per heavy atom. The van der Waals surface area contributed by atoms with Gasteiger partial charge in [0.05, 0.1) is 12.1 Å². The lowest BCUT2D eigenvalue weighted by Gasteiger charge is -2.13. The zero-order valence-corrected chi connectivity index (χ0v) is 17.1. The monoisotopic (exact) mass is 392 g/mol. The van der Waals surface area contributed by atoms with Crippen LogP contribution in [0.1, 0.15) is 49.6 Å². The van der Waals surface area contributed by atoms with Gasteiger partial charge in [0.1, 0.15) is 28.5 Å². The molecule has 1 saturated carbocycles. The Bertz CT molecular complexity index is 1030. The number of thioether (sulfide) groups is 1. The van der Waals surface area contributed by atoms with Crippen LogP contribution in [0.5, 0.6) is 11.5 Å². The van der Waals surface area contributed by atoms with Crippen LogP contribution >= 0.6 is 11.8 Å². The first-order chi connectivity index (χ1) is 13.7. The molecule has 2 aromatic carbocycles. The van der Waals surface area contributed by atoms with E-state index in [0.29, 0.717) is 12.5 Å². The Morgan fingerprint density at radius 3 is 2.86 bits per heavy atom. The summed E-state index contributed by atoms with van der Waals surface area (Å²) in [5, 5.41) is 2.19. The molecule has 1 unspecified atom stereocenters. The van der Waals surface area contributed by atoms with Crippen molar-refractivity contribution in [3.8, 4) is 11.5 Å². The van der Waals surface area contributed by atoms with Gasteiger partial charge in [-0.15, -0.1) is 11.8 Å². The van der Waals surface area contributed by atoms with Gasteiger partial charge in [-0.25, -0.2) is 9.97 Å². The van der Waals surface area contributed by atoms with E-state index in [2.05, 4.69) is 37.3 Å². The van der Waals surface area contributed by atoms with Crippen molar-refractivity contribution < 1.29 is 9.47 Å². The Balaban J connectivity index is 1.47. The summed E-state index contributed by atoms with van der Waals surface area (Å²) in [6, 6.07) is 12.6. The lowest BCUT2D eigenvalue weighted by molar-refractivity contribution is 0.254. The highest BCUT2D eigenvalue weighted by molar-refractivity contribution is 7.98. The van der Waals surface area contributed by atoms with E-state index in [1.807, 2.05) is 13.0 Å². The maximum atomic E-state index is 5.97. The van der Waals surface area contributed by atoms with Gasteiger partial charge in [0.25, 0.3) is 0 Å². The Labute approximate surface area is 169 Å². The lowest BCUT2D eigenvalue weighted by Crippen LogP contribution is -2.05. The summed E-state index contributed by atoms with van der Waals surface area (Å²) in [6.07, 6.45) is 3.60. The fourth-order valence-corrected chi connectivity index (χ4v) is 4.73. The van der Waals surface area contributed by atoms with E-state index >= 15 is 0 Å². The maximum Gasteiger partial charge on any atom is 0.133 e. The third-order valence-electron chi connectivity index (χ3n) is 5.27. The molecule has 0 N–H and O–H groups in total. The van der Waals surface area contributed by atoms with Gasteiger partial charge in [0.2, 0.25) is 0 Å². The van der Waals surface area contributed by atoms with Crippen LogP contribution in [0.2, 0.25) is 0 Å². The predicted molar refractivity (Wildman–Crippen MR) is 112 cm³/mol. The highest BCUT2D eigenvalue weighted by Gasteiger charge is 2.28. The van der Waals surface area contributed by atoms with Crippen molar-refractivity contribution in [3.05, 3.63) is 53.3 Å². The molecule has 3 aromatic rings. The predicted octanol–water partition coefficient (Wildman–Crippen LogP) is 5.52. The van der Waals surface area contributed by atoms with E-state index in [1.165, 1.54) is 18.4 Å². The average Bonchev–Trinajstić information content (AvgIpc) is 3.48. The molecule has 0 spiro atoms. The van der Waals surface area contributed by atoms with Crippen LogP contribution in [0.25, 0.3) is 10.9 Å². The minimum Gasteiger partial charge on any atom is -0.494 e. The minimum absolute atomic E-state index is 0.235. The molecule has 0 bridgehead atoms. The molecular weight excluding hydrogens is 368 g/mol. The van der Waals surface area contributed by atoms with Crippen LogP contribution in [-0.4, -0.2) is 22.7 Å². The second-order valence-corrected chi connectivity index (χ2v) is 8.56. The van der Waals surface area contributed by atoms with Gasteiger partial charge in [0.15, 0.2) is 0 Å². The Morgan fingerprint density at radius 2 is 2.04 bits per heavy atom. The summed E-state index contributed by atoms with van der Waals surface area (Å²) >= 11 is 1.76.